The average molecular weight is 292 g/mol. The Hall–Kier alpha value is -1.81. The Morgan fingerprint density at radius 2 is 2.00 bits per heavy atom. The molecule has 4 nitrogen and oxygen atoms in total. The summed E-state index contributed by atoms with van der Waals surface area (Å²) in [5.41, 5.74) is 2.76. The van der Waals surface area contributed by atoms with E-state index in [2.05, 4.69) is 22.2 Å². The number of phenols is 1. The van der Waals surface area contributed by atoms with Crippen molar-refractivity contribution in [3.8, 4) is 17.1 Å². The fourth-order valence-corrected chi connectivity index (χ4v) is 2.00. The van der Waals surface area contributed by atoms with Crippen molar-refractivity contribution in [3.05, 3.63) is 34.5 Å². The molecule has 2 rings (SSSR count). The molecule has 2 N–H and O–H groups in total. The molecule has 0 atom stereocenters. The molecule has 5 heteroatoms. The largest absolute Gasteiger partial charge is 0.506 e. The van der Waals surface area contributed by atoms with Crippen LogP contribution in [0.3, 0.4) is 0 Å². The Morgan fingerprint density at radius 1 is 1.25 bits per heavy atom. The van der Waals surface area contributed by atoms with E-state index in [-0.39, 0.29) is 5.75 Å². The molecule has 0 aliphatic rings. The topological polar surface area (TPSA) is 58.0 Å². The summed E-state index contributed by atoms with van der Waals surface area (Å²) >= 11 is 5.94. The summed E-state index contributed by atoms with van der Waals surface area (Å²) in [6, 6.07) is 4.98. The fourth-order valence-electron chi connectivity index (χ4n) is 1.82. The molecule has 1 aromatic carbocycles. The summed E-state index contributed by atoms with van der Waals surface area (Å²) in [4.78, 5) is 9.04. The molecule has 1 aromatic heterocycles. The van der Waals surface area contributed by atoms with E-state index in [9.17, 15) is 5.11 Å². The van der Waals surface area contributed by atoms with Crippen LogP contribution >= 0.6 is 11.6 Å². The van der Waals surface area contributed by atoms with Crippen LogP contribution in [0, 0.1) is 13.8 Å². The van der Waals surface area contributed by atoms with Crippen molar-refractivity contribution in [2.24, 2.45) is 0 Å². The van der Waals surface area contributed by atoms with Gasteiger partial charge in [0.1, 0.15) is 11.6 Å². The first-order chi connectivity index (χ1) is 9.52. The van der Waals surface area contributed by atoms with E-state index in [0.717, 1.165) is 35.6 Å². The second-order valence-electron chi connectivity index (χ2n) is 4.70. The van der Waals surface area contributed by atoms with Gasteiger partial charge in [-0.15, -0.1) is 0 Å². The van der Waals surface area contributed by atoms with Crippen LogP contribution in [0.4, 0.5) is 5.82 Å². The van der Waals surface area contributed by atoms with Gasteiger partial charge < -0.3 is 10.4 Å². The molecule has 0 saturated carbocycles. The molecule has 106 valence electrons. The van der Waals surface area contributed by atoms with Gasteiger partial charge in [-0.2, -0.15) is 0 Å². The van der Waals surface area contributed by atoms with Gasteiger partial charge in [0, 0.05) is 23.4 Å². The third kappa shape index (κ3) is 3.02. The Balaban J connectivity index is 2.45. The highest BCUT2D eigenvalue weighted by Crippen LogP contribution is 2.29. The first-order valence-corrected chi connectivity index (χ1v) is 6.98. The number of anilines is 1. The fraction of sp³-hybridized carbons (Fsp3) is 0.333. The summed E-state index contributed by atoms with van der Waals surface area (Å²) in [5, 5.41) is 13.1. The van der Waals surface area contributed by atoms with E-state index >= 15 is 0 Å². The highest BCUT2D eigenvalue weighted by atomic mass is 35.5. The predicted molar refractivity (Wildman–Crippen MR) is 82.4 cm³/mol. The molecule has 0 amide bonds. The molecule has 0 aliphatic heterocycles. The number of hydrogen-bond acceptors (Lipinski definition) is 4. The van der Waals surface area contributed by atoms with Crippen LogP contribution in [-0.2, 0) is 0 Å². The quantitative estimate of drug-likeness (QED) is 0.896. The molecule has 0 radical (unpaired) electrons. The van der Waals surface area contributed by atoms with Gasteiger partial charge in [0.05, 0.1) is 5.02 Å². The number of benzene rings is 1. The van der Waals surface area contributed by atoms with Crippen molar-refractivity contribution in [1.29, 1.82) is 0 Å². The van der Waals surface area contributed by atoms with Crippen LogP contribution in [-0.4, -0.2) is 21.6 Å². The van der Waals surface area contributed by atoms with Crippen molar-refractivity contribution in [1.82, 2.24) is 9.97 Å². The van der Waals surface area contributed by atoms with E-state index in [0.29, 0.717) is 10.8 Å². The third-order valence-electron chi connectivity index (χ3n) is 3.14. The van der Waals surface area contributed by atoms with Gasteiger partial charge in [-0.1, -0.05) is 18.5 Å². The standard InChI is InChI=1S/C15H18ClN3O/c1-4-7-17-14-9(2)10(3)18-15(19-14)11-5-6-13(20)12(16)8-11/h5-6,8,20H,4,7H2,1-3H3,(H,17,18,19). The lowest BCUT2D eigenvalue weighted by Crippen LogP contribution is -2.07. The molecule has 1 heterocycles. The molecule has 20 heavy (non-hydrogen) atoms. The minimum absolute atomic E-state index is 0.0589. The van der Waals surface area contributed by atoms with Crippen LogP contribution in [0.5, 0.6) is 5.75 Å². The number of halogens is 1. The Bertz CT molecular complexity index is 629. The van der Waals surface area contributed by atoms with E-state index in [1.807, 2.05) is 13.8 Å². The molecule has 0 saturated heterocycles. The molecule has 0 aliphatic carbocycles. The van der Waals surface area contributed by atoms with Gasteiger partial charge in [0.15, 0.2) is 5.82 Å². The number of phenolic OH excluding ortho intramolecular Hbond substituents is 1. The van der Waals surface area contributed by atoms with Gasteiger partial charge in [0.2, 0.25) is 0 Å². The Kier molecular flexibility index (Phi) is 4.45. The summed E-state index contributed by atoms with van der Waals surface area (Å²) < 4.78 is 0. The van der Waals surface area contributed by atoms with Crippen molar-refractivity contribution < 1.29 is 5.11 Å². The monoisotopic (exact) mass is 291 g/mol. The lowest BCUT2D eigenvalue weighted by atomic mass is 10.1. The van der Waals surface area contributed by atoms with E-state index < -0.39 is 0 Å². The number of aryl methyl sites for hydroxylation is 1. The van der Waals surface area contributed by atoms with Gasteiger partial charge >= 0.3 is 0 Å². The van der Waals surface area contributed by atoms with E-state index in [1.54, 1.807) is 18.2 Å². The lowest BCUT2D eigenvalue weighted by molar-refractivity contribution is 0.475. The van der Waals surface area contributed by atoms with Gasteiger partial charge in [0.25, 0.3) is 0 Å². The summed E-state index contributed by atoms with van der Waals surface area (Å²) in [7, 11) is 0. The van der Waals surface area contributed by atoms with Crippen LogP contribution < -0.4 is 5.32 Å². The lowest BCUT2D eigenvalue weighted by Gasteiger charge is -2.12. The van der Waals surface area contributed by atoms with E-state index in [1.165, 1.54) is 0 Å². The van der Waals surface area contributed by atoms with Crippen molar-refractivity contribution in [3.63, 3.8) is 0 Å². The highest BCUT2D eigenvalue weighted by Gasteiger charge is 2.10. The number of hydrogen-bond donors (Lipinski definition) is 2. The normalized spacial score (nSPS) is 10.6. The second kappa shape index (κ2) is 6.09. The minimum atomic E-state index is 0.0589. The first kappa shape index (κ1) is 14.6. The molecule has 0 spiro atoms. The summed E-state index contributed by atoms with van der Waals surface area (Å²) in [6.45, 7) is 6.94. The molecule has 0 fully saturated rings. The number of aromatic nitrogens is 2. The number of rotatable bonds is 4. The van der Waals surface area contributed by atoms with Crippen molar-refractivity contribution in [2.75, 3.05) is 11.9 Å². The molecular weight excluding hydrogens is 274 g/mol. The molecule has 0 unspecified atom stereocenters. The van der Waals surface area contributed by atoms with Crippen LogP contribution in [0.15, 0.2) is 18.2 Å². The first-order valence-electron chi connectivity index (χ1n) is 6.61. The maximum Gasteiger partial charge on any atom is 0.161 e. The number of nitrogens with zero attached hydrogens (tertiary/aromatic N) is 2. The zero-order valence-corrected chi connectivity index (χ0v) is 12.6. The second-order valence-corrected chi connectivity index (χ2v) is 5.11. The van der Waals surface area contributed by atoms with Crippen molar-refractivity contribution >= 4 is 17.4 Å². The summed E-state index contributed by atoms with van der Waals surface area (Å²) in [6.07, 6.45) is 1.03. The van der Waals surface area contributed by atoms with Gasteiger partial charge in [-0.05, 0) is 38.5 Å². The Labute approximate surface area is 123 Å². The number of nitrogens with one attached hydrogen (secondary N) is 1. The van der Waals surface area contributed by atoms with E-state index in [4.69, 9.17) is 11.6 Å². The highest BCUT2D eigenvalue weighted by molar-refractivity contribution is 6.32. The SMILES string of the molecule is CCCNc1nc(-c2ccc(O)c(Cl)c2)nc(C)c1C. The minimum Gasteiger partial charge on any atom is -0.506 e. The summed E-state index contributed by atoms with van der Waals surface area (Å²) in [5.74, 6) is 1.51. The van der Waals surface area contributed by atoms with Crippen LogP contribution in [0.2, 0.25) is 5.02 Å². The Morgan fingerprint density at radius 3 is 2.65 bits per heavy atom. The zero-order valence-electron chi connectivity index (χ0n) is 11.9. The molecule has 0 bridgehead atoms. The molecule has 2 aromatic rings. The predicted octanol–water partition coefficient (Wildman–Crippen LogP) is 3.94. The third-order valence-corrected chi connectivity index (χ3v) is 3.44. The van der Waals surface area contributed by atoms with Crippen LogP contribution in [0.1, 0.15) is 24.6 Å². The zero-order chi connectivity index (χ0) is 14.7. The van der Waals surface area contributed by atoms with Gasteiger partial charge in [-0.3, -0.25) is 0 Å². The molecular formula is C15H18ClN3O. The van der Waals surface area contributed by atoms with Crippen LogP contribution in [0.25, 0.3) is 11.4 Å². The van der Waals surface area contributed by atoms with Crippen molar-refractivity contribution in [2.45, 2.75) is 27.2 Å². The maximum absolute atomic E-state index is 9.47. The smallest absolute Gasteiger partial charge is 0.161 e. The average Bonchev–Trinajstić information content (AvgIpc) is 2.43. The maximum atomic E-state index is 9.47. The van der Waals surface area contributed by atoms with Gasteiger partial charge in [-0.25, -0.2) is 9.97 Å². The number of aromatic hydroxyl groups is 1.